The molecule has 5 rings (SSSR count). The molecule has 9 heteroatoms. The molecule has 208 valence electrons. The number of halogens is 3. The summed E-state index contributed by atoms with van der Waals surface area (Å²) in [6.45, 7) is -0.215. The number of carbonyl (C=O) groups is 2. The van der Waals surface area contributed by atoms with Crippen LogP contribution in [0.1, 0.15) is 27.6 Å². The Kier molecular flexibility index (Phi) is 8.05. The molecule has 0 fully saturated rings. The number of hydrogen-bond acceptors (Lipinski definition) is 5. The van der Waals surface area contributed by atoms with Crippen molar-refractivity contribution in [1.29, 1.82) is 0 Å². The SMILES string of the molecule is O=C(OCc1ccccc1)n1c(OC(COc2ccccc2C(=O)C(F)(F)F)c2ccccc2)cc2ccccc21. The summed E-state index contributed by atoms with van der Waals surface area (Å²) < 4.78 is 58.5. The van der Waals surface area contributed by atoms with Gasteiger partial charge in [-0.3, -0.25) is 4.79 Å². The number of carbonyl (C=O) groups excluding carboxylic acids is 2. The third-order valence-corrected chi connectivity index (χ3v) is 6.28. The molecule has 0 radical (unpaired) electrons. The fourth-order valence-corrected chi connectivity index (χ4v) is 4.30. The molecular weight excluding hydrogens is 535 g/mol. The number of para-hydroxylation sites is 2. The van der Waals surface area contributed by atoms with Crippen LogP contribution in [0.25, 0.3) is 10.9 Å². The Hall–Kier alpha value is -5.05. The highest BCUT2D eigenvalue weighted by Crippen LogP contribution is 2.32. The third-order valence-electron chi connectivity index (χ3n) is 6.28. The molecule has 0 aliphatic rings. The summed E-state index contributed by atoms with van der Waals surface area (Å²) in [6, 6.07) is 32.1. The number of ketones is 1. The number of benzene rings is 4. The second kappa shape index (κ2) is 12.0. The van der Waals surface area contributed by atoms with Gasteiger partial charge in [0.25, 0.3) is 5.78 Å². The van der Waals surface area contributed by atoms with E-state index < -0.39 is 29.7 Å². The van der Waals surface area contributed by atoms with Crippen LogP contribution in [-0.2, 0) is 11.3 Å². The van der Waals surface area contributed by atoms with Gasteiger partial charge in [0.2, 0.25) is 5.88 Å². The van der Waals surface area contributed by atoms with E-state index in [0.717, 1.165) is 11.6 Å². The molecule has 0 aliphatic heterocycles. The molecule has 0 amide bonds. The molecule has 1 unspecified atom stereocenters. The highest BCUT2D eigenvalue weighted by molar-refractivity contribution is 6.02. The van der Waals surface area contributed by atoms with Crippen LogP contribution < -0.4 is 9.47 Å². The van der Waals surface area contributed by atoms with Gasteiger partial charge in [0.1, 0.15) is 19.0 Å². The van der Waals surface area contributed by atoms with Crippen LogP contribution >= 0.6 is 0 Å². The van der Waals surface area contributed by atoms with Gasteiger partial charge < -0.3 is 14.2 Å². The summed E-state index contributed by atoms with van der Waals surface area (Å²) in [5.41, 5.74) is 1.39. The smallest absolute Gasteiger partial charge is 0.455 e. The van der Waals surface area contributed by atoms with Crippen molar-refractivity contribution in [1.82, 2.24) is 4.57 Å². The van der Waals surface area contributed by atoms with Gasteiger partial charge in [0.15, 0.2) is 6.10 Å². The quantitative estimate of drug-likeness (QED) is 0.173. The zero-order chi connectivity index (χ0) is 28.8. The average molecular weight is 560 g/mol. The highest BCUT2D eigenvalue weighted by atomic mass is 19.4. The Morgan fingerprint density at radius 1 is 0.780 bits per heavy atom. The first-order valence-electron chi connectivity index (χ1n) is 12.7. The van der Waals surface area contributed by atoms with Crippen molar-refractivity contribution in [3.63, 3.8) is 0 Å². The predicted molar refractivity (Wildman–Crippen MR) is 146 cm³/mol. The lowest BCUT2D eigenvalue weighted by atomic mass is 10.1. The van der Waals surface area contributed by atoms with Gasteiger partial charge in [-0.25, -0.2) is 9.36 Å². The van der Waals surface area contributed by atoms with Gasteiger partial charge in [-0.15, -0.1) is 0 Å². The molecule has 0 bridgehead atoms. The maximum absolute atomic E-state index is 13.3. The molecule has 0 saturated carbocycles. The minimum Gasteiger partial charge on any atom is -0.489 e. The third kappa shape index (κ3) is 6.41. The molecular formula is C32H24F3NO5. The molecule has 5 aromatic rings. The molecule has 0 aliphatic carbocycles. The van der Waals surface area contributed by atoms with E-state index in [4.69, 9.17) is 14.2 Å². The number of nitrogens with zero attached hydrogens (tertiary/aromatic N) is 1. The number of fused-ring (bicyclic) bond motifs is 1. The first-order chi connectivity index (χ1) is 19.8. The molecule has 0 N–H and O–H groups in total. The summed E-state index contributed by atoms with van der Waals surface area (Å²) in [5, 5.41) is 0.716. The lowest BCUT2D eigenvalue weighted by Crippen LogP contribution is -2.24. The summed E-state index contributed by atoms with van der Waals surface area (Å²) in [6.07, 6.45) is -6.59. The number of aromatic nitrogens is 1. The van der Waals surface area contributed by atoms with Crippen molar-refractivity contribution in [2.75, 3.05) is 6.61 Å². The van der Waals surface area contributed by atoms with E-state index in [2.05, 4.69) is 0 Å². The van der Waals surface area contributed by atoms with Gasteiger partial charge in [0.05, 0.1) is 11.1 Å². The molecule has 1 atom stereocenters. The summed E-state index contributed by atoms with van der Waals surface area (Å²) in [4.78, 5) is 25.3. The topological polar surface area (TPSA) is 66.8 Å². The predicted octanol–water partition coefficient (Wildman–Crippen LogP) is 7.77. The molecule has 1 aromatic heterocycles. The monoisotopic (exact) mass is 559 g/mol. The van der Waals surface area contributed by atoms with Crippen LogP contribution in [0.3, 0.4) is 0 Å². The maximum atomic E-state index is 13.3. The minimum absolute atomic E-state index is 0.0425. The van der Waals surface area contributed by atoms with E-state index >= 15 is 0 Å². The molecule has 4 aromatic carbocycles. The standard InChI is InChI=1S/C32H24F3NO5/c33-32(34,35)30(37)25-16-8-10-18-27(25)39-21-28(23-13-5-2-6-14-23)41-29-19-24-15-7-9-17-26(24)36(29)31(38)40-20-22-11-3-1-4-12-22/h1-19,28H,20-21H2. The van der Waals surface area contributed by atoms with E-state index in [-0.39, 0.29) is 24.8 Å². The minimum atomic E-state index is -5.06. The fraction of sp³-hybridized carbons (Fsp3) is 0.125. The Balaban J connectivity index is 1.45. The first kappa shape index (κ1) is 27.5. The second-order valence-electron chi connectivity index (χ2n) is 9.07. The molecule has 41 heavy (non-hydrogen) atoms. The van der Waals surface area contributed by atoms with Crippen molar-refractivity contribution < 1.29 is 37.0 Å². The van der Waals surface area contributed by atoms with Crippen LogP contribution in [0.4, 0.5) is 18.0 Å². The van der Waals surface area contributed by atoms with E-state index in [9.17, 15) is 22.8 Å². The molecule has 6 nitrogen and oxygen atoms in total. The van der Waals surface area contributed by atoms with Crippen LogP contribution in [0, 0.1) is 0 Å². The Morgan fingerprint density at radius 2 is 1.41 bits per heavy atom. The Morgan fingerprint density at radius 3 is 2.15 bits per heavy atom. The normalized spacial score (nSPS) is 12.1. The average Bonchev–Trinajstić information content (AvgIpc) is 3.36. The lowest BCUT2D eigenvalue weighted by Gasteiger charge is -2.22. The van der Waals surface area contributed by atoms with E-state index in [1.165, 1.54) is 22.8 Å². The number of rotatable bonds is 9. The van der Waals surface area contributed by atoms with Crippen molar-refractivity contribution >= 4 is 22.8 Å². The summed E-state index contributed by atoms with van der Waals surface area (Å²) >= 11 is 0. The summed E-state index contributed by atoms with van der Waals surface area (Å²) in [7, 11) is 0. The number of alkyl halides is 3. The van der Waals surface area contributed by atoms with E-state index in [0.29, 0.717) is 16.5 Å². The van der Waals surface area contributed by atoms with Crippen molar-refractivity contribution in [3.8, 4) is 11.6 Å². The molecule has 0 spiro atoms. The second-order valence-corrected chi connectivity index (χ2v) is 9.07. The van der Waals surface area contributed by atoms with Gasteiger partial charge in [-0.1, -0.05) is 91.0 Å². The summed E-state index contributed by atoms with van der Waals surface area (Å²) in [5.74, 6) is -2.09. The van der Waals surface area contributed by atoms with Crippen LogP contribution in [0.2, 0.25) is 0 Å². The fourth-order valence-electron chi connectivity index (χ4n) is 4.30. The lowest BCUT2D eigenvalue weighted by molar-refractivity contribution is -0.0887. The van der Waals surface area contributed by atoms with Crippen LogP contribution in [-0.4, -0.2) is 29.2 Å². The van der Waals surface area contributed by atoms with Crippen molar-refractivity contribution in [2.45, 2.75) is 18.9 Å². The molecule has 1 heterocycles. The van der Waals surface area contributed by atoms with Gasteiger partial charge in [-0.05, 0) is 29.3 Å². The Labute approximate surface area is 233 Å². The first-order valence-corrected chi connectivity index (χ1v) is 12.7. The largest absolute Gasteiger partial charge is 0.489 e. The van der Waals surface area contributed by atoms with Gasteiger partial charge in [0, 0.05) is 11.5 Å². The zero-order valence-electron chi connectivity index (χ0n) is 21.6. The van der Waals surface area contributed by atoms with Crippen LogP contribution in [0.5, 0.6) is 11.6 Å². The van der Waals surface area contributed by atoms with Gasteiger partial charge in [-0.2, -0.15) is 13.2 Å². The van der Waals surface area contributed by atoms with E-state index in [1.807, 2.05) is 42.5 Å². The van der Waals surface area contributed by atoms with Crippen LogP contribution in [0.15, 0.2) is 115 Å². The maximum Gasteiger partial charge on any atom is 0.455 e. The Bertz CT molecular complexity index is 1650. The zero-order valence-corrected chi connectivity index (χ0v) is 21.6. The van der Waals surface area contributed by atoms with Crippen molar-refractivity contribution in [2.24, 2.45) is 0 Å². The van der Waals surface area contributed by atoms with Gasteiger partial charge >= 0.3 is 12.3 Å². The number of ether oxygens (including phenoxy) is 3. The number of hydrogen-bond donors (Lipinski definition) is 0. The highest BCUT2D eigenvalue weighted by Gasteiger charge is 2.40. The van der Waals surface area contributed by atoms with E-state index in [1.54, 1.807) is 48.5 Å². The molecule has 0 saturated heterocycles. The number of Topliss-reactive ketones (excluding diaryl/α,β-unsaturated/α-hetero) is 1. The van der Waals surface area contributed by atoms with Crippen molar-refractivity contribution in [3.05, 3.63) is 132 Å².